The largest absolute Gasteiger partial charge is 0.353 e. The number of nitrogens with zero attached hydrogens (tertiary/aromatic N) is 7. The number of nitro groups is 1. The molecule has 3 aromatic rings. The number of hydrogen-bond donors (Lipinski definition) is 0. The Morgan fingerprint density at radius 1 is 1.04 bits per heavy atom. The van der Waals surface area contributed by atoms with Crippen LogP contribution in [0.2, 0.25) is 0 Å². The fraction of sp³-hybridized carbons (Fsp3) is 0.222. The van der Waals surface area contributed by atoms with Crippen LogP contribution in [0, 0.1) is 10.1 Å². The molecule has 0 unspecified atom stereocenters. The van der Waals surface area contributed by atoms with E-state index in [2.05, 4.69) is 20.0 Å². The molecular formula is C18H17N7O3. The first-order chi connectivity index (χ1) is 13.6. The lowest BCUT2D eigenvalue weighted by Gasteiger charge is -2.35. The van der Waals surface area contributed by atoms with Crippen LogP contribution in [0.5, 0.6) is 0 Å². The van der Waals surface area contributed by atoms with E-state index in [-0.39, 0.29) is 17.2 Å². The van der Waals surface area contributed by atoms with Crippen molar-refractivity contribution in [2.75, 3.05) is 31.1 Å². The first-order valence-corrected chi connectivity index (χ1v) is 8.73. The molecule has 0 atom stereocenters. The Hall–Kier alpha value is -3.82. The highest BCUT2D eigenvalue weighted by atomic mass is 16.6. The zero-order chi connectivity index (χ0) is 19.5. The van der Waals surface area contributed by atoms with Crippen LogP contribution >= 0.6 is 0 Å². The minimum Gasteiger partial charge on any atom is -0.353 e. The van der Waals surface area contributed by atoms with Crippen molar-refractivity contribution >= 4 is 17.4 Å². The predicted octanol–water partition coefficient (Wildman–Crippen LogP) is 1.53. The van der Waals surface area contributed by atoms with Gasteiger partial charge in [0.1, 0.15) is 17.7 Å². The molecule has 2 aromatic heterocycles. The molecule has 1 amide bonds. The lowest BCUT2D eigenvalue weighted by atomic mass is 10.1. The summed E-state index contributed by atoms with van der Waals surface area (Å²) in [7, 11) is 0. The number of para-hydroxylation sites is 1. The topological polar surface area (TPSA) is 110 Å². The minimum atomic E-state index is -0.527. The molecule has 28 heavy (non-hydrogen) atoms. The molecule has 0 aliphatic carbocycles. The highest BCUT2D eigenvalue weighted by Crippen LogP contribution is 2.21. The SMILES string of the molecule is O=C(c1ccccc1[N+](=O)[O-])N1CCN(c2cc(-n3cccn3)ncn2)CC1. The zero-order valence-electron chi connectivity index (χ0n) is 14.9. The van der Waals surface area contributed by atoms with E-state index in [0.29, 0.717) is 32.0 Å². The van der Waals surface area contributed by atoms with Crippen LogP contribution in [-0.4, -0.2) is 61.7 Å². The number of hydrogen-bond acceptors (Lipinski definition) is 7. The van der Waals surface area contributed by atoms with E-state index in [0.717, 1.165) is 5.82 Å². The number of carbonyl (C=O) groups excluding carboxylic acids is 1. The Morgan fingerprint density at radius 2 is 1.79 bits per heavy atom. The summed E-state index contributed by atoms with van der Waals surface area (Å²) in [5.41, 5.74) is -0.0569. The van der Waals surface area contributed by atoms with Gasteiger partial charge in [-0.15, -0.1) is 0 Å². The van der Waals surface area contributed by atoms with Crippen molar-refractivity contribution in [3.63, 3.8) is 0 Å². The third-order valence-corrected chi connectivity index (χ3v) is 4.60. The molecule has 0 N–H and O–H groups in total. The summed E-state index contributed by atoms with van der Waals surface area (Å²) < 4.78 is 1.65. The first-order valence-electron chi connectivity index (χ1n) is 8.73. The van der Waals surface area contributed by atoms with Crippen molar-refractivity contribution in [3.05, 3.63) is 70.8 Å². The fourth-order valence-electron chi connectivity index (χ4n) is 3.16. The van der Waals surface area contributed by atoms with Gasteiger partial charge in [0.15, 0.2) is 5.82 Å². The van der Waals surface area contributed by atoms with E-state index in [1.807, 2.05) is 12.1 Å². The van der Waals surface area contributed by atoms with Gasteiger partial charge in [-0.1, -0.05) is 12.1 Å². The van der Waals surface area contributed by atoms with Crippen LogP contribution in [0.3, 0.4) is 0 Å². The van der Waals surface area contributed by atoms with Crippen LogP contribution in [0.15, 0.2) is 55.1 Å². The van der Waals surface area contributed by atoms with E-state index < -0.39 is 4.92 Å². The lowest BCUT2D eigenvalue weighted by Crippen LogP contribution is -2.49. The Morgan fingerprint density at radius 3 is 2.50 bits per heavy atom. The molecule has 0 bridgehead atoms. The fourth-order valence-corrected chi connectivity index (χ4v) is 3.16. The third-order valence-electron chi connectivity index (χ3n) is 4.60. The monoisotopic (exact) mass is 379 g/mol. The number of anilines is 1. The molecule has 1 aliphatic rings. The maximum absolute atomic E-state index is 12.7. The molecule has 0 radical (unpaired) electrons. The van der Waals surface area contributed by atoms with Crippen LogP contribution in [0.25, 0.3) is 5.82 Å². The summed E-state index contributed by atoms with van der Waals surface area (Å²) in [5.74, 6) is 1.08. The molecule has 3 heterocycles. The quantitative estimate of drug-likeness (QED) is 0.499. The Bertz CT molecular complexity index is 998. The van der Waals surface area contributed by atoms with Crippen molar-refractivity contribution < 1.29 is 9.72 Å². The third kappa shape index (κ3) is 3.39. The van der Waals surface area contributed by atoms with Crippen LogP contribution in [-0.2, 0) is 0 Å². The van der Waals surface area contributed by atoms with Gasteiger partial charge in [0.05, 0.1) is 4.92 Å². The van der Waals surface area contributed by atoms with Crippen LogP contribution in [0.1, 0.15) is 10.4 Å². The Labute approximate surface area is 160 Å². The number of aromatic nitrogens is 4. The minimum absolute atomic E-state index is 0.115. The molecule has 1 saturated heterocycles. The van der Waals surface area contributed by atoms with Gasteiger partial charge in [-0.25, -0.2) is 14.6 Å². The molecule has 1 fully saturated rings. The van der Waals surface area contributed by atoms with Crippen LogP contribution in [0.4, 0.5) is 11.5 Å². The van der Waals surface area contributed by atoms with Gasteiger partial charge in [0.25, 0.3) is 11.6 Å². The normalized spacial score (nSPS) is 14.1. The smallest absolute Gasteiger partial charge is 0.282 e. The van der Waals surface area contributed by atoms with Gasteiger partial charge in [-0.3, -0.25) is 14.9 Å². The van der Waals surface area contributed by atoms with Gasteiger partial charge < -0.3 is 9.80 Å². The average Bonchev–Trinajstić information content (AvgIpc) is 3.28. The highest BCUT2D eigenvalue weighted by Gasteiger charge is 2.27. The molecular weight excluding hydrogens is 362 g/mol. The van der Waals surface area contributed by atoms with E-state index in [1.165, 1.54) is 18.5 Å². The summed E-state index contributed by atoms with van der Waals surface area (Å²) in [6.07, 6.45) is 4.96. The predicted molar refractivity (Wildman–Crippen MR) is 100 cm³/mol. The van der Waals surface area contributed by atoms with Gasteiger partial charge in [-0.2, -0.15) is 5.10 Å². The number of piperazine rings is 1. The molecule has 0 saturated carbocycles. The van der Waals surface area contributed by atoms with Crippen molar-refractivity contribution in [3.8, 4) is 5.82 Å². The molecule has 1 aliphatic heterocycles. The number of amides is 1. The summed E-state index contributed by atoms with van der Waals surface area (Å²) in [6.45, 7) is 2.04. The Kier molecular flexibility index (Phi) is 4.67. The van der Waals surface area contributed by atoms with Crippen molar-refractivity contribution in [2.45, 2.75) is 0 Å². The summed E-state index contributed by atoms with van der Waals surface area (Å²) >= 11 is 0. The van der Waals surface area contributed by atoms with Crippen molar-refractivity contribution in [1.29, 1.82) is 0 Å². The summed E-state index contributed by atoms with van der Waals surface area (Å²) in [6, 6.07) is 9.68. The molecule has 10 nitrogen and oxygen atoms in total. The molecule has 0 spiro atoms. The lowest BCUT2D eigenvalue weighted by molar-refractivity contribution is -0.385. The first kappa shape index (κ1) is 17.6. The van der Waals surface area contributed by atoms with Crippen molar-refractivity contribution in [2.24, 2.45) is 0 Å². The molecule has 10 heteroatoms. The van der Waals surface area contributed by atoms with Gasteiger partial charge in [0, 0.05) is 50.7 Å². The maximum atomic E-state index is 12.7. The van der Waals surface area contributed by atoms with E-state index in [4.69, 9.17) is 0 Å². The number of benzene rings is 1. The second-order valence-electron chi connectivity index (χ2n) is 6.24. The van der Waals surface area contributed by atoms with Gasteiger partial charge >= 0.3 is 0 Å². The molecule has 1 aromatic carbocycles. The summed E-state index contributed by atoms with van der Waals surface area (Å²) in [4.78, 5) is 35.6. The average molecular weight is 379 g/mol. The van der Waals surface area contributed by atoms with Gasteiger partial charge in [0.2, 0.25) is 0 Å². The van der Waals surface area contributed by atoms with Crippen LogP contribution < -0.4 is 4.90 Å². The number of rotatable bonds is 4. The standard InChI is InChI=1S/C18H17N7O3/c26-18(14-4-1-2-5-15(14)25(27)28)23-10-8-22(9-11-23)16-12-17(20-13-19-16)24-7-3-6-21-24/h1-7,12-13H,8-11H2. The number of carbonyl (C=O) groups is 1. The van der Waals surface area contributed by atoms with Crippen molar-refractivity contribution in [1.82, 2.24) is 24.6 Å². The Balaban J connectivity index is 1.46. The second-order valence-corrected chi connectivity index (χ2v) is 6.24. The van der Waals surface area contributed by atoms with E-state index in [9.17, 15) is 14.9 Å². The summed E-state index contributed by atoms with van der Waals surface area (Å²) in [5, 5.41) is 15.3. The zero-order valence-corrected chi connectivity index (χ0v) is 14.9. The number of nitro benzene ring substituents is 1. The van der Waals surface area contributed by atoms with Gasteiger partial charge in [-0.05, 0) is 12.1 Å². The van der Waals surface area contributed by atoms with E-state index in [1.54, 1.807) is 34.1 Å². The van der Waals surface area contributed by atoms with E-state index >= 15 is 0 Å². The highest BCUT2D eigenvalue weighted by molar-refractivity contribution is 5.98. The molecule has 142 valence electrons. The molecule has 4 rings (SSSR count). The maximum Gasteiger partial charge on any atom is 0.282 e. The second kappa shape index (κ2) is 7.43.